The molecule has 0 radical (unpaired) electrons. The Morgan fingerprint density at radius 2 is 1.90 bits per heavy atom. The minimum absolute atomic E-state index is 0.0579. The number of nitrogens with one attached hydrogen (secondary N) is 1. The van der Waals surface area contributed by atoms with Crippen LogP contribution in [0.2, 0.25) is 0 Å². The number of tetrazole rings is 1. The van der Waals surface area contributed by atoms with Gasteiger partial charge in [-0.25, -0.2) is 13.1 Å². The lowest BCUT2D eigenvalue weighted by molar-refractivity contribution is -0.113. The SMILES string of the molecule is CC(C)n1nnnc1SCC(=O)Nc1ccc(S(=O)(=O)N(C)C2CCCCC2)cc1. The van der Waals surface area contributed by atoms with E-state index in [1.165, 1.54) is 34.6 Å². The second-order valence-corrected chi connectivity index (χ2v) is 10.6. The lowest BCUT2D eigenvalue weighted by Crippen LogP contribution is -2.38. The zero-order valence-electron chi connectivity index (χ0n) is 17.5. The quantitative estimate of drug-likeness (QED) is 0.613. The fraction of sp³-hybridized carbons (Fsp3) is 0.579. The lowest BCUT2D eigenvalue weighted by atomic mass is 9.96. The number of anilines is 1. The summed E-state index contributed by atoms with van der Waals surface area (Å²) in [7, 11) is -1.89. The monoisotopic (exact) mass is 452 g/mol. The zero-order valence-corrected chi connectivity index (χ0v) is 19.1. The van der Waals surface area contributed by atoms with Crippen molar-refractivity contribution in [3.05, 3.63) is 24.3 Å². The van der Waals surface area contributed by atoms with Gasteiger partial charge in [-0.1, -0.05) is 31.0 Å². The van der Waals surface area contributed by atoms with Gasteiger partial charge in [-0.05, 0) is 61.4 Å². The number of hydrogen-bond acceptors (Lipinski definition) is 7. The van der Waals surface area contributed by atoms with Crippen molar-refractivity contribution in [3.63, 3.8) is 0 Å². The highest BCUT2D eigenvalue weighted by Crippen LogP contribution is 2.27. The van der Waals surface area contributed by atoms with Crippen LogP contribution in [0.15, 0.2) is 34.3 Å². The highest BCUT2D eigenvalue weighted by atomic mass is 32.2. The van der Waals surface area contributed by atoms with Crippen molar-refractivity contribution in [1.82, 2.24) is 24.5 Å². The van der Waals surface area contributed by atoms with Gasteiger partial charge < -0.3 is 5.32 Å². The van der Waals surface area contributed by atoms with Gasteiger partial charge in [0.1, 0.15) is 0 Å². The minimum Gasteiger partial charge on any atom is -0.325 e. The summed E-state index contributed by atoms with van der Waals surface area (Å²) >= 11 is 1.25. The molecule has 1 fully saturated rings. The summed E-state index contributed by atoms with van der Waals surface area (Å²) in [5, 5.41) is 14.8. The van der Waals surface area contributed by atoms with Gasteiger partial charge in [-0.2, -0.15) is 4.31 Å². The van der Waals surface area contributed by atoms with Gasteiger partial charge in [0.15, 0.2) is 0 Å². The fourth-order valence-electron chi connectivity index (χ4n) is 3.45. The van der Waals surface area contributed by atoms with E-state index in [0.29, 0.717) is 10.8 Å². The Morgan fingerprint density at radius 3 is 2.53 bits per heavy atom. The van der Waals surface area contributed by atoms with Gasteiger partial charge in [0, 0.05) is 18.8 Å². The molecule has 2 aromatic rings. The molecule has 0 aliphatic heterocycles. The first-order chi connectivity index (χ1) is 14.3. The van der Waals surface area contributed by atoms with Gasteiger partial charge >= 0.3 is 0 Å². The Hall–Kier alpha value is -1.98. The van der Waals surface area contributed by atoms with Crippen molar-refractivity contribution >= 4 is 33.4 Å². The molecule has 1 heterocycles. The predicted octanol–water partition coefficient (Wildman–Crippen LogP) is 2.94. The van der Waals surface area contributed by atoms with E-state index in [1.807, 2.05) is 13.8 Å². The summed E-state index contributed by atoms with van der Waals surface area (Å²) < 4.78 is 28.9. The third kappa shape index (κ3) is 5.38. The number of carbonyl (C=O) groups is 1. The maximum absolute atomic E-state index is 12.9. The maximum atomic E-state index is 12.9. The van der Waals surface area contributed by atoms with E-state index >= 15 is 0 Å². The normalized spacial score (nSPS) is 15.6. The molecule has 1 aliphatic rings. The van der Waals surface area contributed by atoms with E-state index < -0.39 is 10.0 Å². The third-order valence-electron chi connectivity index (χ3n) is 5.19. The molecule has 0 unspecified atom stereocenters. The van der Waals surface area contributed by atoms with Crippen LogP contribution in [0, 0.1) is 0 Å². The molecule has 11 heteroatoms. The van der Waals surface area contributed by atoms with Crippen molar-refractivity contribution in [2.24, 2.45) is 0 Å². The molecule has 3 rings (SSSR count). The summed E-state index contributed by atoms with van der Waals surface area (Å²) in [6.45, 7) is 3.92. The molecule has 0 spiro atoms. The highest BCUT2D eigenvalue weighted by Gasteiger charge is 2.28. The Balaban J connectivity index is 1.58. The summed E-state index contributed by atoms with van der Waals surface area (Å²) in [5.74, 6) is -0.0642. The largest absolute Gasteiger partial charge is 0.325 e. The summed E-state index contributed by atoms with van der Waals surface area (Å²) in [5.41, 5.74) is 0.545. The molecule has 9 nitrogen and oxygen atoms in total. The molecule has 0 saturated heterocycles. The van der Waals surface area contributed by atoms with Crippen molar-refractivity contribution < 1.29 is 13.2 Å². The minimum atomic E-state index is -3.55. The van der Waals surface area contributed by atoms with Gasteiger partial charge in [0.25, 0.3) is 0 Å². The fourth-order valence-corrected chi connectivity index (χ4v) is 5.67. The van der Waals surface area contributed by atoms with Crippen molar-refractivity contribution in [3.8, 4) is 0 Å². The molecule has 1 saturated carbocycles. The second-order valence-electron chi connectivity index (χ2n) is 7.67. The third-order valence-corrected chi connectivity index (χ3v) is 8.05. The van der Waals surface area contributed by atoms with Crippen LogP contribution in [-0.4, -0.2) is 57.7 Å². The first kappa shape index (κ1) is 22.7. The van der Waals surface area contributed by atoms with Crippen LogP contribution in [-0.2, 0) is 14.8 Å². The van der Waals surface area contributed by atoms with Crippen LogP contribution in [0.25, 0.3) is 0 Å². The molecular formula is C19H28N6O3S2. The molecule has 1 aromatic heterocycles. The van der Waals surface area contributed by atoms with Crippen molar-refractivity contribution in [2.75, 3.05) is 18.1 Å². The van der Waals surface area contributed by atoms with Crippen molar-refractivity contribution in [2.45, 2.75) is 68.1 Å². The Labute approximate surface area is 181 Å². The van der Waals surface area contributed by atoms with E-state index in [0.717, 1.165) is 25.7 Å². The molecule has 30 heavy (non-hydrogen) atoms. The van der Waals surface area contributed by atoms with E-state index in [2.05, 4.69) is 20.8 Å². The van der Waals surface area contributed by atoms with Crippen LogP contribution >= 0.6 is 11.8 Å². The lowest BCUT2D eigenvalue weighted by Gasteiger charge is -2.30. The number of hydrogen-bond donors (Lipinski definition) is 1. The van der Waals surface area contributed by atoms with Gasteiger partial charge in [0.2, 0.25) is 21.1 Å². The van der Waals surface area contributed by atoms with Crippen LogP contribution < -0.4 is 5.32 Å². The molecule has 1 amide bonds. The predicted molar refractivity (Wildman–Crippen MR) is 116 cm³/mol. The van der Waals surface area contributed by atoms with E-state index in [9.17, 15) is 13.2 Å². The number of aromatic nitrogens is 4. The van der Waals surface area contributed by atoms with Crippen LogP contribution in [0.4, 0.5) is 5.69 Å². The Bertz CT molecular complexity index is 953. The molecule has 164 valence electrons. The first-order valence-electron chi connectivity index (χ1n) is 10.1. The number of thioether (sulfide) groups is 1. The maximum Gasteiger partial charge on any atom is 0.243 e. The summed E-state index contributed by atoms with van der Waals surface area (Å²) in [4.78, 5) is 12.5. The number of benzene rings is 1. The van der Waals surface area contributed by atoms with Gasteiger partial charge in [0.05, 0.1) is 16.7 Å². The zero-order chi connectivity index (χ0) is 21.7. The second kappa shape index (κ2) is 9.88. The Morgan fingerprint density at radius 1 is 1.23 bits per heavy atom. The average molecular weight is 453 g/mol. The number of amides is 1. The topological polar surface area (TPSA) is 110 Å². The van der Waals surface area contributed by atoms with Crippen LogP contribution in [0.1, 0.15) is 52.0 Å². The number of nitrogens with zero attached hydrogens (tertiary/aromatic N) is 5. The average Bonchev–Trinajstić information content (AvgIpc) is 3.22. The Kier molecular flexibility index (Phi) is 7.48. The first-order valence-corrected chi connectivity index (χ1v) is 12.5. The molecule has 1 aromatic carbocycles. The van der Waals surface area contributed by atoms with Crippen molar-refractivity contribution in [1.29, 1.82) is 0 Å². The highest BCUT2D eigenvalue weighted by molar-refractivity contribution is 7.99. The number of sulfonamides is 1. The number of rotatable bonds is 8. The van der Waals surface area contributed by atoms with E-state index in [1.54, 1.807) is 23.9 Å². The van der Waals surface area contributed by atoms with Crippen LogP contribution in [0.5, 0.6) is 0 Å². The van der Waals surface area contributed by atoms with Crippen LogP contribution in [0.3, 0.4) is 0 Å². The van der Waals surface area contributed by atoms with Gasteiger partial charge in [-0.3, -0.25) is 4.79 Å². The molecule has 0 bridgehead atoms. The smallest absolute Gasteiger partial charge is 0.243 e. The number of carbonyl (C=O) groups excluding carboxylic acids is 1. The molecule has 0 atom stereocenters. The standard InChI is InChI=1S/C19H28N6O3S2/c1-14(2)25-19(21-22-23-25)29-13-18(26)20-15-9-11-17(12-10-15)30(27,28)24(3)16-7-5-4-6-8-16/h9-12,14,16H,4-8,13H2,1-3H3,(H,20,26). The molecule has 1 N–H and O–H groups in total. The van der Waals surface area contributed by atoms with E-state index in [-0.39, 0.29) is 28.6 Å². The molecular weight excluding hydrogens is 424 g/mol. The summed E-state index contributed by atoms with van der Waals surface area (Å²) in [6.07, 6.45) is 5.11. The van der Waals surface area contributed by atoms with Gasteiger partial charge in [-0.15, -0.1) is 5.10 Å². The molecule has 1 aliphatic carbocycles. The van der Waals surface area contributed by atoms with E-state index in [4.69, 9.17) is 0 Å². The summed E-state index contributed by atoms with van der Waals surface area (Å²) in [6, 6.07) is 6.47.